The van der Waals surface area contributed by atoms with E-state index in [4.69, 9.17) is 10.5 Å². The minimum Gasteiger partial charge on any atom is -0.506 e. The van der Waals surface area contributed by atoms with E-state index in [-0.39, 0.29) is 11.5 Å². The van der Waals surface area contributed by atoms with Crippen molar-refractivity contribution in [2.45, 2.75) is 0 Å². The predicted octanol–water partition coefficient (Wildman–Crippen LogP) is 1.76. The van der Waals surface area contributed by atoms with Gasteiger partial charge in [-0.05, 0) is 18.2 Å². The van der Waals surface area contributed by atoms with Gasteiger partial charge in [0.25, 0.3) is 0 Å². The fourth-order valence-corrected chi connectivity index (χ4v) is 1.37. The molecule has 1 aromatic heterocycles. The smallest absolute Gasteiger partial charge is 0.237 e. The summed E-state index contributed by atoms with van der Waals surface area (Å²) in [6.45, 7) is 0. The summed E-state index contributed by atoms with van der Waals surface area (Å²) in [5.74, 6) is 0.0949. The molecule has 0 unspecified atom stereocenters. The van der Waals surface area contributed by atoms with Crippen molar-refractivity contribution in [3.8, 4) is 17.9 Å². The SMILES string of the molecule is N#CC(C#N)=NNc1ccc2cc(O)cnc2c1. The quantitative estimate of drug-likeness (QED) is 0.611. The summed E-state index contributed by atoms with van der Waals surface area (Å²) in [4.78, 5) is 4.04. The number of aromatic nitrogens is 1. The molecule has 0 spiro atoms. The molecule has 18 heavy (non-hydrogen) atoms. The van der Waals surface area contributed by atoms with E-state index in [1.165, 1.54) is 6.20 Å². The third-order valence-electron chi connectivity index (χ3n) is 2.18. The Bertz CT molecular complexity index is 692. The number of nitriles is 2. The van der Waals surface area contributed by atoms with Gasteiger partial charge in [-0.2, -0.15) is 15.6 Å². The number of anilines is 1. The van der Waals surface area contributed by atoms with Crippen LogP contribution in [0.3, 0.4) is 0 Å². The summed E-state index contributed by atoms with van der Waals surface area (Å²) >= 11 is 0. The van der Waals surface area contributed by atoms with Crippen molar-refractivity contribution in [2.75, 3.05) is 5.43 Å². The fourth-order valence-electron chi connectivity index (χ4n) is 1.37. The first kappa shape index (κ1) is 11.4. The summed E-state index contributed by atoms with van der Waals surface area (Å²) < 4.78 is 0. The molecule has 0 bridgehead atoms. The average Bonchev–Trinajstić information content (AvgIpc) is 2.40. The molecule has 2 rings (SSSR count). The first-order valence-corrected chi connectivity index (χ1v) is 4.95. The number of nitrogens with one attached hydrogen (secondary N) is 1. The molecule has 0 radical (unpaired) electrons. The van der Waals surface area contributed by atoms with Gasteiger partial charge in [-0.3, -0.25) is 10.4 Å². The maximum absolute atomic E-state index is 9.27. The van der Waals surface area contributed by atoms with Crippen LogP contribution in [0.1, 0.15) is 0 Å². The molecule has 6 heteroatoms. The van der Waals surface area contributed by atoms with Crippen LogP contribution in [0.4, 0.5) is 5.69 Å². The number of nitrogens with zero attached hydrogens (tertiary/aromatic N) is 4. The van der Waals surface area contributed by atoms with Gasteiger partial charge in [-0.1, -0.05) is 6.07 Å². The number of hydrogen-bond acceptors (Lipinski definition) is 6. The molecule has 0 aliphatic heterocycles. The van der Waals surface area contributed by atoms with Crippen LogP contribution in [0, 0.1) is 22.7 Å². The van der Waals surface area contributed by atoms with Crippen molar-refractivity contribution in [1.82, 2.24) is 4.98 Å². The van der Waals surface area contributed by atoms with Crippen molar-refractivity contribution in [3.05, 3.63) is 30.5 Å². The highest BCUT2D eigenvalue weighted by Crippen LogP contribution is 2.20. The molecular weight excluding hydrogens is 230 g/mol. The Kier molecular flexibility index (Phi) is 3.04. The lowest BCUT2D eigenvalue weighted by Gasteiger charge is -2.02. The maximum atomic E-state index is 9.27. The second-order valence-corrected chi connectivity index (χ2v) is 3.40. The molecule has 0 aliphatic rings. The summed E-state index contributed by atoms with van der Waals surface area (Å²) in [5.41, 5.74) is 3.61. The van der Waals surface area contributed by atoms with Crippen LogP contribution in [-0.4, -0.2) is 15.8 Å². The molecule has 0 saturated carbocycles. The molecule has 2 N–H and O–H groups in total. The van der Waals surface area contributed by atoms with Gasteiger partial charge in [0.1, 0.15) is 17.9 Å². The Balaban J connectivity index is 2.32. The highest BCUT2D eigenvalue weighted by molar-refractivity contribution is 6.10. The first-order valence-electron chi connectivity index (χ1n) is 4.95. The van der Waals surface area contributed by atoms with Gasteiger partial charge in [0.2, 0.25) is 5.71 Å². The minimum atomic E-state index is -0.256. The summed E-state index contributed by atoms with van der Waals surface area (Å²) in [6.07, 6.45) is 1.34. The molecule has 6 nitrogen and oxygen atoms in total. The first-order chi connectivity index (χ1) is 8.72. The Morgan fingerprint density at radius 1 is 1.28 bits per heavy atom. The van der Waals surface area contributed by atoms with Gasteiger partial charge in [0.15, 0.2) is 0 Å². The largest absolute Gasteiger partial charge is 0.506 e. The van der Waals surface area contributed by atoms with Crippen molar-refractivity contribution in [3.63, 3.8) is 0 Å². The Labute approximate surface area is 102 Å². The molecule has 1 aromatic carbocycles. The lowest BCUT2D eigenvalue weighted by atomic mass is 10.2. The van der Waals surface area contributed by atoms with Crippen LogP contribution >= 0.6 is 0 Å². The lowest BCUT2D eigenvalue weighted by molar-refractivity contribution is 0.474. The van der Waals surface area contributed by atoms with Gasteiger partial charge in [0, 0.05) is 5.39 Å². The molecule has 0 atom stereocenters. The van der Waals surface area contributed by atoms with Crippen LogP contribution in [0.15, 0.2) is 35.6 Å². The lowest BCUT2D eigenvalue weighted by Crippen LogP contribution is -1.96. The van der Waals surface area contributed by atoms with E-state index in [9.17, 15) is 5.11 Å². The average molecular weight is 237 g/mol. The number of pyridine rings is 1. The van der Waals surface area contributed by atoms with Crippen molar-refractivity contribution in [1.29, 1.82) is 10.5 Å². The van der Waals surface area contributed by atoms with E-state index in [0.717, 1.165) is 5.39 Å². The molecule has 86 valence electrons. The fraction of sp³-hybridized carbons (Fsp3) is 0. The Hall–Kier alpha value is -3.12. The van der Waals surface area contributed by atoms with Gasteiger partial charge in [-0.25, -0.2) is 0 Å². The zero-order valence-electron chi connectivity index (χ0n) is 9.12. The third-order valence-corrected chi connectivity index (χ3v) is 2.18. The van der Waals surface area contributed by atoms with E-state index >= 15 is 0 Å². The molecule has 0 saturated heterocycles. The van der Waals surface area contributed by atoms with Crippen LogP contribution < -0.4 is 5.43 Å². The summed E-state index contributed by atoms with van der Waals surface area (Å²) in [7, 11) is 0. The van der Waals surface area contributed by atoms with E-state index in [1.807, 2.05) is 0 Å². The minimum absolute atomic E-state index is 0.0949. The van der Waals surface area contributed by atoms with Gasteiger partial charge in [0.05, 0.1) is 17.4 Å². The molecule has 2 aromatic rings. The van der Waals surface area contributed by atoms with Crippen LogP contribution in [0.25, 0.3) is 10.9 Å². The third kappa shape index (κ3) is 2.34. The summed E-state index contributed by atoms with van der Waals surface area (Å²) in [5, 5.41) is 30.7. The monoisotopic (exact) mass is 237 g/mol. The Morgan fingerprint density at radius 2 is 2.06 bits per heavy atom. The highest BCUT2D eigenvalue weighted by Gasteiger charge is 1.99. The summed E-state index contributed by atoms with van der Waals surface area (Å²) in [6, 6.07) is 10.0. The maximum Gasteiger partial charge on any atom is 0.237 e. The number of fused-ring (bicyclic) bond motifs is 1. The normalized spacial score (nSPS) is 9.22. The van der Waals surface area contributed by atoms with Crippen molar-refractivity contribution < 1.29 is 5.11 Å². The zero-order chi connectivity index (χ0) is 13.0. The van der Waals surface area contributed by atoms with Crippen LogP contribution in [0.5, 0.6) is 5.75 Å². The van der Waals surface area contributed by atoms with E-state index in [0.29, 0.717) is 11.2 Å². The topological polar surface area (TPSA) is 105 Å². The standard InChI is InChI=1S/C12H7N5O/c13-5-10(6-14)17-16-9-2-1-8-3-11(18)7-15-12(8)4-9/h1-4,7,16,18H. The molecular formula is C12H7N5O. The molecule has 0 aliphatic carbocycles. The van der Waals surface area contributed by atoms with Crippen molar-refractivity contribution >= 4 is 22.3 Å². The highest BCUT2D eigenvalue weighted by atomic mass is 16.3. The second-order valence-electron chi connectivity index (χ2n) is 3.40. The predicted molar refractivity (Wildman–Crippen MR) is 65.7 cm³/mol. The van der Waals surface area contributed by atoms with Crippen LogP contribution in [0.2, 0.25) is 0 Å². The van der Waals surface area contributed by atoms with E-state index in [2.05, 4.69) is 15.5 Å². The number of hydrazone groups is 1. The molecule has 0 amide bonds. The number of aromatic hydroxyl groups is 1. The van der Waals surface area contributed by atoms with E-state index < -0.39 is 0 Å². The zero-order valence-corrected chi connectivity index (χ0v) is 9.12. The van der Waals surface area contributed by atoms with Gasteiger partial charge < -0.3 is 5.11 Å². The number of hydrogen-bond donors (Lipinski definition) is 2. The number of rotatable bonds is 2. The van der Waals surface area contributed by atoms with Gasteiger partial charge in [-0.15, -0.1) is 0 Å². The second kappa shape index (κ2) is 4.81. The van der Waals surface area contributed by atoms with Gasteiger partial charge >= 0.3 is 0 Å². The van der Waals surface area contributed by atoms with E-state index in [1.54, 1.807) is 36.4 Å². The Morgan fingerprint density at radius 3 is 2.78 bits per heavy atom. The number of benzene rings is 1. The molecule has 1 heterocycles. The molecule has 0 fully saturated rings. The van der Waals surface area contributed by atoms with Crippen LogP contribution in [-0.2, 0) is 0 Å². The van der Waals surface area contributed by atoms with Crippen molar-refractivity contribution in [2.24, 2.45) is 5.10 Å².